The molecule has 7 heteroatoms. The zero-order valence-electron chi connectivity index (χ0n) is 15.6. The van der Waals surface area contributed by atoms with Gasteiger partial charge in [-0.25, -0.2) is 9.48 Å². The molecule has 0 radical (unpaired) electrons. The van der Waals surface area contributed by atoms with Crippen LogP contribution in [0.3, 0.4) is 0 Å². The van der Waals surface area contributed by atoms with Crippen molar-refractivity contribution < 1.29 is 14.3 Å². The normalized spacial score (nSPS) is 12.2. The van der Waals surface area contributed by atoms with Crippen molar-refractivity contribution in [2.24, 2.45) is 0 Å². The van der Waals surface area contributed by atoms with Gasteiger partial charge in [0.05, 0.1) is 11.4 Å². The molecular formula is C19H25N3O4. The van der Waals surface area contributed by atoms with Crippen molar-refractivity contribution in [1.82, 2.24) is 15.1 Å². The highest BCUT2D eigenvalue weighted by atomic mass is 16.5. The second kappa shape index (κ2) is 8.60. The molecule has 2 rings (SSSR count). The quantitative estimate of drug-likeness (QED) is 0.767. The molecule has 1 heterocycles. The minimum absolute atomic E-state index is 0.0213. The van der Waals surface area contributed by atoms with Crippen LogP contribution < -0.4 is 10.9 Å². The number of fused-ring (bicyclic) bond motifs is 1. The number of amides is 1. The number of aromatic nitrogens is 2. The molecule has 1 aromatic heterocycles. The molecule has 1 aromatic carbocycles. The lowest BCUT2D eigenvalue weighted by atomic mass is 10.1. The van der Waals surface area contributed by atoms with Crippen molar-refractivity contribution in [3.05, 3.63) is 40.3 Å². The summed E-state index contributed by atoms with van der Waals surface area (Å²) >= 11 is 0. The van der Waals surface area contributed by atoms with Gasteiger partial charge in [0.25, 0.3) is 11.5 Å². The van der Waals surface area contributed by atoms with E-state index in [-0.39, 0.29) is 35.9 Å². The maximum atomic E-state index is 12.5. The van der Waals surface area contributed by atoms with Gasteiger partial charge >= 0.3 is 5.97 Å². The van der Waals surface area contributed by atoms with Gasteiger partial charge in [-0.2, -0.15) is 5.10 Å². The Kier molecular flexibility index (Phi) is 6.49. The summed E-state index contributed by atoms with van der Waals surface area (Å²) in [6.45, 7) is 7.16. The molecule has 0 aliphatic rings. The fourth-order valence-corrected chi connectivity index (χ4v) is 2.73. The van der Waals surface area contributed by atoms with Crippen molar-refractivity contribution in [3.63, 3.8) is 0 Å². The second-order valence-corrected chi connectivity index (χ2v) is 6.57. The Morgan fingerprint density at radius 2 is 1.85 bits per heavy atom. The number of hydrogen-bond donors (Lipinski definition) is 1. The summed E-state index contributed by atoms with van der Waals surface area (Å²) in [6.07, 6.45) is 1.80. The second-order valence-electron chi connectivity index (χ2n) is 6.57. The lowest BCUT2D eigenvalue weighted by Crippen LogP contribution is -2.36. The van der Waals surface area contributed by atoms with E-state index >= 15 is 0 Å². The Hall–Kier alpha value is -2.70. The minimum atomic E-state index is -0.728. The number of hydrogen-bond acceptors (Lipinski definition) is 5. The summed E-state index contributed by atoms with van der Waals surface area (Å²) in [6, 6.07) is 6.55. The van der Waals surface area contributed by atoms with Gasteiger partial charge in [-0.15, -0.1) is 0 Å². The molecule has 1 atom stereocenters. The Bertz CT molecular complexity index is 857. The smallest absolute Gasteiger partial charge is 0.359 e. The fourth-order valence-electron chi connectivity index (χ4n) is 2.73. The van der Waals surface area contributed by atoms with Crippen molar-refractivity contribution in [1.29, 1.82) is 0 Å². The highest BCUT2D eigenvalue weighted by Crippen LogP contribution is 2.15. The van der Waals surface area contributed by atoms with Crippen LogP contribution in [-0.4, -0.2) is 34.3 Å². The molecule has 0 aliphatic carbocycles. The van der Waals surface area contributed by atoms with Gasteiger partial charge in [0.15, 0.2) is 12.3 Å². The van der Waals surface area contributed by atoms with Gasteiger partial charge in [-0.1, -0.05) is 31.5 Å². The first-order valence-electron chi connectivity index (χ1n) is 8.83. The molecule has 1 amide bonds. The highest BCUT2D eigenvalue weighted by Gasteiger charge is 2.20. The third-order valence-electron chi connectivity index (χ3n) is 3.97. The van der Waals surface area contributed by atoms with E-state index in [9.17, 15) is 14.4 Å². The highest BCUT2D eigenvalue weighted by molar-refractivity contribution is 6.02. The number of carbonyl (C=O) groups is 2. The molecule has 0 spiro atoms. The van der Waals surface area contributed by atoms with Crippen LogP contribution in [0.25, 0.3) is 10.8 Å². The number of esters is 1. The van der Waals surface area contributed by atoms with E-state index in [1.165, 1.54) is 4.68 Å². The third-order valence-corrected chi connectivity index (χ3v) is 3.97. The van der Waals surface area contributed by atoms with Gasteiger partial charge in [-0.05, 0) is 33.3 Å². The lowest BCUT2D eigenvalue weighted by Gasteiger charge is -2.14. The van der Waals surface area contributed by atoms with Gasteiger partial charge in [0, 0.05) is 11.4 Å². The van der Waals surface area contributed by atoms with Gasteiger partial charge in [-0.3, -0.25) is 9.59 Å². The summed E-state index contributed by atoms with van der Waals surface area (Å²) in [5.41, 5.74) is -0.235. The Balaban J connectivity index is 2.23. The molecule has 7 nitrogen and oxygen atoms in total. The summed E-state index contributed by atoms with van der Waals surface area (Å²) in [5.74, 6) is -1.09. The third kappa shape index (κ3) is 4.47. The van der Waals surface area contributed by atoms with E-state index in [1.807, 2.05) is 13.8 Å². The van der Waals surface area contributed by atoms with E-state index in [4.69, 9.17) is 4.74 Å². The molecule has 0 saturated carbocycles. The van der Waals surface area contributed by atoms with Gasteiger partial charge in [0.1, 0.15) is 0 Å². The Labute approximate surface area is 152 Å². The topological polar surface area (TPSA) is 90.3 Å². The Morgan fingerprint density at radius 1 is 1.19 bits per heavy atom. The molecule has 0 aliphatic heterocycles. The number of rotatable bonds is 7. The molecule has 0 unspecified atom stereocenters. The summed E-state index contributed by atoms with van der Waals surface area (Å²) in [4.78, 5) is 36.9. The number of nitrogens with zero attached hydrogens (tertiary/aromatic N) is 2. The molecule has 0 fully saturated rings. The number of nitrogens with one attached hydrogen (secondary N) is 1. The average molecular weight is 359 g/mol. The summed E-state index contributed by atoms with van der Waals surface area (Å²) in [7, 11) is 0. The van der Waals surface area contributed by atoms with Crippen molar-refractivity contribution in [2.75, 3.05) is 6.61 Å². The van der Waals surface area contributed by atoms with Crippen LogP contribution in [0.2, 0.25) is 0 Å². The Morgan fingerprint density at radius 3 is 2.46 bits per heavy atom. The lowest BCUT2D eigenvalue weighted by molar-refractivity contribution is -0.124. The van der Waals surface area contributed by atoms with E-state index < -0.39 is 5.97 Å². The first-order valence-corrected chi connectivity index (χ1v) is 8.83. The van der Waals surface area contributed by atoms with Crippen molar-refractivity contribution in [3.8, 4) is 0 Å². The van der Waals surface area contributed by atoms with Gasteiger partial charge < -0.3 is 10.1 Å². The minimum Gasteiger partial charge on any atom is -0.451 e. The molecule has 0 bridgehead atoms. The van der Waals surface area contributed by atoms with Crippen molar-refractivity contribution >= 4 is 22.6 Å². The van der Waals surface area contributed by atoms with Crippen LogP contribution in [0.1, 0.15) is 57.1 Å². The molecule has 0 saturated heterocycles. The number of ether oxygens (including phenoxy) is 1. The predicted molar refractivity (Wildman–Crippen MR) is 99.2 cm³/mol. The van der Waals surface area contributed by atoms with Crippen LogP contribution in [0, 0.1) is 0 Å². The zero-order valence-corrected chi connectivity index (χ0v) is 15.6. The molecule has 1 N–H and O–H groups in total. The first-order chi connectivity index (χ1) is 12.3. The van der Waals surface area contributed by atoms with Crippen LogP contribution in [0.15, 0.2) is 29.1 Å². The standard InChI is InChI=1S/C19H25N3O4/c1-5-8-13(4)20-16(23)11-26-19(25)17-14-9-6-7-10-15(14)18(24)22(21-17)12(2)3/h6-7,9-10,12-13H,5,8,11H2,1-4H3,(H,20,23)/t13-/m1/s1. The average Bonchev–Trinajstić information content (AvgIpc) is 2.60. The number of carbonyl (C=O) groups excluding carboxylic acids is 2. The van der Waals surface area contributed by atoms with E-state index in [0.29, 0.717) is 10.8 Å². The predicted octanol–water partition coefficient (Wildman–Crippen LogP) is 2.44. The largest absolute Gasteiger partial charge is 0.451 e. The maximum absolute atomic E-state index is 12.5. The van der Waals surface area contributed by atoms with Gasteiger partial charge in [0.2, 0.25) is 0 Å². The SMILES string of the molecule is CCC[C@@H](C)NC(=O)COC(=O)c1nn(C(C)C)c(=O)c2ccccc12. The molecule has 26 heavy (non-hydrogen) atoms. The maximum Gasteiger partial charge on any atom is 0.359 e. The fraction of sp³-hybridized carbons (Fsp3) is 0.474. The number of benzene rings is 1. The molecular weight excluding hydrogens is 334 g/mol. The first kappa shape index (κ1) is 19.6. The summed E-state index contributed by atoms with van der Waals surface area (Å²) in [5, 5.41) is 7.75. The monoisotopic (exact) mass is 359 g/mol. The van der Waals surface area contributed by atoms with E-state index in [1.54, 1.807) is 38.1 Å². The molecule has 140 valence electrons. The van der Waals surface area contributed by atoms with Crippen LogP contribution in [0.4, 0.5) is 0 Å². The van der Waals surface area contributed by atoms with E-state index in [0.717, 1.165) is 12.8 Å². The molecule has 2 aromatic rings. The van der Waals surface area contributed by atoms with Crippen LogP contribution in [-0.2, 0) is 9.53 Å². The van der Waals surface area contributed by atoms with Crippen LogP contribution >= 0.6 is 0 Å². The van der Waals surface area contributed by atoms with E-state index in [2.05, 4.69) is 10.4 Å². The van der Waals surface area contributed by atoms with Crippen LogP contribution in [0.5, 0.6) is 0 Å². The zero-order chi connectivity index (χ0) is 19.3. The summed E-state index contributed by atoms with van der Waals surface area (Å²) < 4.78 is 6.38. The van der Waals surface area contributed by atoms with Crippen molar-refractivity contribution in [2.45, 2.75) is 52.6 Å².